The quantitative estimate of drug-likeness (QED) is 0.704. The maximum Gasteiger partial charge on any atom is 0.310 e. The van der Waals surface area contributed by atoms with Gasteiger partial charge in [0.25, 0.3) is 5.91 Å². The Kier molecular flexibility index (Phi) is 3.96. The van der Waals surface area contributed by atoms with Crippen molar-refractivity contribution in [1.82, 2.24) is 5.32 Å². The summed E-state index contributed by atoms with van der Waals surface area (Å²) >= 11 is 0. The average molecular weight is 250 g/mol. The van der Waals surface area contributed by atoms with Gasteiger partial charge in [-0.3, -0.25) is 9.59 Å². The molecule has 0 aliphatic heterocycles. The van der Waals surface area contributed by atoms with Crippen molar-refractivity contribution in [3.63, 3.8) is 0 Å². The lowest BCUT2D eigenvalue weighted by atomic mass is 9.94. The van der Waals surface area contributed by atoms with Crippen molar-refractivity contribution >= 4 is 17.6 Å². The van der Waals surface area contributed by atoms with Crippen LogP contribution < -0.4 is 11.1 Å². The Morgan fingerprint density at radius 2 is 2.00 bits per heavy atom. The van der Waals surface area contributed by atoms with Crippen molar-refractivity contribution in [1.29, 1.82) is 0 Å². The Morgan fingerprint density at radius 3 is 2.56 bits per heavy atom. The molecule has 18 heavy (non-hydrogen) atoms. The molecule has 98 valence electrons. The van der Waals surface area contributed by atoms with Crippen molar-refractivity contribution in [2.45, 2.75) is 20.8 Å². The molecule has 1 amide bonds. The van der Waals surface area contributed by atoms with Gasteiger partial charge in [-0.05, 0) is 32.9 Å². The number of rotatable bonds is 4. The van der Waals surface area contributed by atoms with Crippen LogP contribution in [0, 0.1) is 12.3 Å². The van der Waals surface area contributed by atoms with Crippen LogP contribution in [0.25, 0.3) is 0 Å². The van der Waals surface area contributed by atoms with Crippen LogP contribution in [-0.2, 0) is 4.79 Å². The van der Waals surface area contributed by atoms with Gasteiger partial charge in [-0.25, -0.2) is 0 Å². The number of benzene rings is 1. The maximum absolute atomic E-state index is 11.9. The minimum atomic E-state index is -1.01. The zero-order chi connectivity index (χ0) is 13.9. The van der Waals surface area contributed by atoms with Crippen LogP contribution in [0.2, 0.25) is 0 Å². The molecule has 0 radical (unpaired) electrons. The van der Waals surface area contributed by atoms with E-state index in [4.69, 9.17) is 10.8 Å². The Morgan fingerprint density at radius 1 is 1.39 bits per heavy atom. The molecule has 0 aromatic heterocycles. The van der Waals surface area contributed by atoms with Crippen LogP contribution in [0.3, 0.4) is 0 Å². The molecular weight excluding hydrogens is 232 g/mol. The van der Waals surface area contributed by atoms with E-state index in [-0.39, 0.29) is 12.5 Å². The largest absolute Gasteiger partial charge is 0.481 e. The van der Waals surface area contributed by atoms with Crippen molar-refractivity contribution in [2.75, 3.05) is 12.3 Å². The van der Waals surface area contributed by atoms with E-state index in [1.807, 2.05) is 13.0 Å². The summed E-state index contributed by atoms with van der Waals surface area (Å²) in [5.41, 5.74) is 6.38. The van der Waals surface area contributed by atoms with Crippen LogP contribution in [-0.4, -0.2) is 23.5 Å². The molecule has 4 N–H and O–H groups in total. The highest BCUT2D eigenvalue weighted by Crippen LogP contribution is 2.16. The van der Waals surface area contributed by atoms with Gasteiger partial charge in [-0.1, -0.05) is 11.6 Å². The van der Waals surface area contributed by atoms with Gasteiger partial charge >= 0.3 is 5.97 Å². The number of nitrogen functional groups attached to an aromatic ring is 1. The van der Waals surface area contributed by atoms with Crippen molar-refractivity contribution < 1.29 is 14.7 Å². The smallest absolute Gasteiger partial charge is 0.310 e. The number of carbonyl (C=O) groups is 2. The summed E-state index contributed by atoms with van der Waals surface area (Å²) in [7, 11) is 0. The molecule has 0 saturated carbocycles. The fraction of sp³-hybridized carbons (Fsp3) is 0.385. The fourth-order valence-electron chi connectivity index (χ4n) is 1.34. The van der Waals surface area contributed by atoms with Gasteiger partial charge in [0.15, 0.2) is 0 Å². The predicted octanol–water partition coefficient (Wildman–Crippen LogP) is 1.42. The van der Waals surface area contributed by atoms with Crippen molar-refractivity contribution in [2.24, 2.45) is 5.41 Å². The summed E-state index contributed by atoms with van der Waals surface area (Å²) in [6, 6.07) is 5.15. The molecule has 0 spiro atoms. The van der Waals surface area contributed by atoms with Gasteiger partial charge in [0, 0.05) is 12.2 Å². The molecule has 0 bridgehead atoms. The Bertz CT molecular complexity index is 481. The molecule has 0 aliphatic rings. The molecule has 5 heteroatoms. The first-order chi connectivity index (χ1) is 8.24. The summed E-state index contributed by atoms with van der Waals surface area (Å²) in [6.07, 6.45) is 0. The molecule has 0 aliphatic carbocycles. The average Bonchev–Trinajstić information content (AvgIpc) is 2.29. The van der Waals surface area contributed by atoms with E-state index in [0.717, 1.165) is 5.56 Å². The highest BCUT2D eigenvalue weighted by molar-refractivity contribution is 5.99. The van der Waals surface area contributed by atoms with Gasteiger partial charge in [0.2, 0.25) is 0 Å². The molecule has 5 nitrogen and oxygen atoms in total. The predicted molar refractivity (Wildman–Crippen MR) is 69.3 cm³/mol. The van der Waals surface area contributed by atoms with Crippen LogP contribution in [0.5, 0.6) is 0 Å². The molecule has 1 aromatic carbocycles. The number of amides is 1. The second-order valence-electron chi connectivity index (χ2n) is 4.96. The van der Waals surface area contributed by atoms with Gasteiger partial charge in [-0.2, -0.15) is 0 Å². The molecule has 0 heterocycles. The number of anilines is 1. The number of aliphatic carboxylic acids is 1. The first-order valence-electron chi connectivity index (χ1n) is 5.62. The normalized spacial score (nSPS) is 11.1. The summed E-state index contributed by atoms with van der Waals surface area (Å²) in [4.78, 5) is 22.8. The second-order valence-corrected chi connectivity index (χ2v) is 4.96. The molecule has 1 rings (SSSR count). The monoisotopic (exact) mass is 250 g/mol. The summed E-state index contributed by atoms with van der Waals surface area (Å²) < 4.78 is 0. The number of aryl methyl sites for hydroxylation is 1. The zero-order valence-corrected chi connectivity index (χ0v) is 10.8. The van der Waals surface area contributed by atoms with Gasteiger partial charge < -0.3 is 16.2 Å². The zero-order valence-electron chi connectivity index (χ0n) is 10.8. The van der Waals surface area contributed by atoms with Crippen LogP contribution >= 0.6 is 0 Å². The van der Waals surface area contributed by atoms with Crippen LogP contribution in [0.4, 0.5) is 5.69 Å². The summed E-state index contributed by atoms with van der Waals surface area (Å²) in [6.45, 7) is 5.01. The fourth-order valence-corrected chi connectivity index (χ4v) is 1.34. The minimum Gasteiger partial charge on any atom is -0.481 e. The molecule has 0 atom stereocenters. The maximum atomic E-state index is 11.9. The van der Waals surface area contributed by atoms with E-state index in [0.29, 0.717) is 11.3 Å². The number of nitrogens with one attached hydrogen (secondary N) is 1. The van der Waals surface area contributed by atoms with Gasteiger partial charge in [0.1, 0.15) is 0 Å². The number of carboxylic acids is 1. The molecular formula is C13H18N2O3. The van der Waals surface area contributed by atoms with E-state index < -0.39 is 11.4 Å². The molecule has 0 fully saturated rings. The second kappa shape index (κ2) is 5.08. The van der Waals surface area contributed by atoms with E-state index >= 15 is 0 Å². The lowest BCUT2D eigenvalue weighted by molar-refractivity contribution is -0.146. The van der Waals surface area contributed by atoms with E-state index in [2.05, 4.69) is 5.32 Å². The number of hydrogen-bond acceptors (Lipinski definition) is 3. The number of carboxylic acid groups (broad SMARTS) is 1. The van der Waals surface area contributed by atoms with E-state index in [1.54, 1.807) is 26.0 Å². The third-order valence-corrected chi connectivity index (χ3v) is 2.72. The standard InChI is InChI=1S/C13H18N2O3/c1-8-4-5-10(14)9(6-8)11(16)15-7-13(2,3)12(17)18/h4-6H,7,14H2,1-3H3,(H,15,16)(H,17,18). The van der Waals surface area contributed by atoms with Crippen molar-refractivity contribution in [3.8, 4) is 0 Å². The van der Waals surface area contributed by atoms with E-state index in [9.17, 15) is 9.59 Å². The third kappa shape index (κ3) is 3.23. The first-order valence-corrected chi connectivity index (χ1v) is 5.62. The van der Waals surface area contributed by atoms with Crippen LogP contribution in [0.1, 0.15) is 29.8 Å². The first kappa shape index (κ1) is 14.0. The Hall–Kier alpha value is -2.04. The summed E-state index contributed by atoms with van der Waals surface area (Å²) in [5.74, 6) is -1.31. The molecule has 1 aromatic rings. The third-order valence-electron chi connectivity index (χ3n) is 2.72. The summed E-state index contributed by atoms with van der Waals surface area (Å²) in [5, 5.41) is 11.5. The Balaban J connectivity index is 2.78. The van der Waals surface area contributed by atoms with Crippen LogP contribution in [0.15, 0.2) is 18.2 Å². The lowest BCUT2D eigenvalue weighted by Gasteiger charge is -2.19. The number of hydrogen-bond donors (Lipinski definition) is 3. The highest BCUT2D eigenvalue weighted by atomic mass is 16.4. The number of nitrogens with two attached hydrogens (primary N) is 1. The molecule has 0 unspecified atom stereocenters. The topological polar surface area (TPSA) is 92.4 Å². The van der Waals surface area contributed by atoms with Gasteiger partial charge in [-0.15, -0.1) is 0 Å². The minimum absolute atomic E-state index is 0.0501. The van der Waals surface area contributed by atoms with Gasteiger partial charge in [0.05, 0.1) is 11.0 Å². The number of carbonyl (C=O) groups excluding carboxylic acids is 1. The lowest BCUT2D eigenvalue weighted by Crippen LogP contribution is -2.39. The molecule has 0 saturated heterocycles. The van der Waals surface area contributed by atoms with Crippen molar-refractivity contribution in [3.05, 3.63) is 29.3 Å². The van der Waals surface area contributed by atoms with E-state index in [1.165, 1.54) is 0 Å². The Labute approximate surface area is 106 Å². The highest BCUT2D eigenvalue weighted by Gasteiger charge is 2.27. The SMILES string of the molecule is Cc1ccc(N)c(C(=O)NCC(C)(C)C(=O)O)c1.